The van der Waals surface area contributed by atoms with Gasteiger partial charge in [0, 0.05) is 30.9 Å². The second kappa shape index (κ2) is 7.27. The molecule has 0 aliphatic carbocycles. The molecule has 0 bridgehead atoms. The second-order valence-electron chi connectivity index (χ2n) is 7.67. The maximum atomic E-state index is 4.58. The molecule has 7 heterocycles. The van der Waals surface area contributed by atoms with E-state index in [1.165, 1.54) is 0 Å². The number of aromatic amines is 6. The normalized spacial score (nSPS) is 15.4. The number of nitrogens with zero attached hydrogens (tertiary/aromatic N) is 9. The van der Waals surface area contributed by atoms with Crippen molar-refractivity contribution in [1.29, 1.82) is 0 Å². The van der Waals surface area contributed by atoms with E-state index in [0.717, 1.165) is 11.4 Å². The van der Waals surface area contributed by atoms with Gasteiger partial charge in [0.1, 0.15) is 17.2 Å². The van der Waals surface area contributed by atoms with Crippen LogP contribution in [0.5, 0.6) is 0 Å². The van der Waals surface area contributed by atoms with Crippen LogP contribution in [-0.4, -0.2) is 66.2 Å². The molecule has 1 aliphatic heterocycles. The van der Waals surface area contributed by atoms with E-state index in [9.17, 15) is 0 Å². The molecule has 6 aromatic heterocycles. The zero-order chi connectivity index (χ0) is 23.2. The second-order valence-corrected chi connectivity index (χ2v) is 7.67. The first-order chi connectivity index (χ1) is 17.4. The fraction of sp³-hybridized carbons (Fsp3) is 0.0500. The Bertz CT molecular complexity index is 1490. The molecule has 0 atom stereocenters. The average Bonchev–Trinajstić information content (AvgIpc) is 3.71. The van der Waals surface area contributed by atoms with Crippen LogP contribution < -0.4 is 10.0 Å². The highest BCUT2D eigenvalue weighted by Gasteiger charge is 2.59. The first-order valence-electron chi connectivity index (χ1n) is 10.6. The van der Waals surface area contributed by atoms with Gasteiger partial charge >= 0.3 is 0 Å². The van der Waals surface area contributed by atoms with E-state index in [2.05, 4.69) is 66.2 Å². The first kappa shape index (κ1) is 19.0. The molecule has 0 radical (unpaired) electrons. The van der Waals surface area contributed by atoms with Crippen LogP contribution in [0.15, 0.2) is 67.5 Å². The van der Waals surface area contributed by atoms with E-state index in [-0.39, 0.29) is 0 Å². The number of aromatic nitrogens is 13. The largest absolute Gasteiger partial charge is 0.362 e. The van der Waals surface area contributed by atoms with Crippen molar-refractivity contribution in [3.8, 4) is 0 Å². The Balaban J connectivity index is 1.69. The lowest BCUT2D eigenvalue weighted by Crippen LogP contribution is -2.52. The van der Waals surface area contributed by atoms with Gasteiger partial charge in [0.15, 0.2) is 5.54 Å². The molecule has 0 saturated carbocycles. The van der Waals surface area contributed by atoms with Gasteiger partial charge in [-0.15, -0.1) is 10.2 Å². The van der Waals surface area contributed by atoms with Gasteiger partial charge in [0.25, 0.3) is 0 Å². The van der Waals surface area contributed by atoms with Gasteiger partial charge in [-0.25, -0.2) is 15.0 Å². The molecule has 0 aromatic carbocycles. The molecular formula is C20H17N15. The van der Waals surface area contributed by atoms with Crippen molar-refractivity contribution >= 4 is 23.0 Å². The Morgan fingerprint density at radius 3 is 2.26 bits per heavy atom. The molecule has 7 rings (SSSR count). The Morgan fingerprint density at radius 2 is 1.69 bits per heavy atom. The van der Waals surface area contributed by atoms with Gasteiger partial charge in [-0.1, -0.05) is 0 Å². The summed E-state index contributed by atoms with van der Waals surface area (Å²) in [5.74, 6) is 1.56. The molecule has 6 N–H and O–H groups in total. The highest BCUT2D eigenvalue weighted by molar-refractivity contribution is 6.06. The summed E-state index contributed by atoms with van der Waals surface area (Å²) in [4.78, 5) is 14.6. The molecule has 15 heteroatoms. The smallest absolute Gasteiger partial charge is 0.227 e. The molecule has 0 unspecified atom stereocenters. The molecular weight excluding hydrogens is 450 g/mol. The van der Waals surface area contributed by atoms with Crippen LogP contribution in [0.1, 0.15) is 22.9 Å². The molecule has 0 fully saturated rings. The van der Waals surface area contributed by atoms with Crippen LogP contribution >= 0.6 is 0 Å². The van der Waals surface area contributed by atoms with Gasteiger partial charge in [0.05, 0.1) is 29.4 Å². The zero-order valence-corrected chi connectivity index (χ0v) is 17.9. The summed E-state index contributed by atoms with van der Waals surface area (Å²) in [6, 6.07) is 9.73. The summed E-state index contributed by atoms with van der Waals surface area (Å²) in [6.07, 6.45) is 10.5. The molecule has 15 nitrogen and oxygen atoms in total. The lowest BCUT2D eigenvalue weighted by Gasteiger charge is -2.42. The molecule has 0 spiro atoms. The predicted molar refractivity (Wildman–Crippen MR) is 122 cm³/mol. The number of nitrogens with one attached hydrogen (secondary N) is 6. The van der Waals surface area contributed by atoms with Crippen molar-refractivity contribution in [2.45, 2.75) is 5.54 Å². The molecule has 1 aliphatic rings. The lowest BCUT2D eigenvalue weighted by molar-refractivity contribution is 0.584. The fourth-order valence-corrected chi connectivity index (χ4v) is 4.70. The van der Waals surface area contributed by atoms with E-state index < -0.39 is 5.54 Å². The number of hydrazine groups is 1. The third kappa shape index (κ3) is 2.56. The summed E-state index contributed by atoms with van der Waals surface area (Å²) in [6.45, 7) is 0. The van der Waals surface area contributed by atoms with Crippen LogP contribution in [0.3, 0.4) is 0 Å². The summed E-state index contributed by atoms with van der Waals surface area (Å²) >= 11 is 0. The standard InChI is InChI=1S/C20H17N15/c1-3-13(21-6-1)20(14-4-2-7-22-14)16(18-29-32-33-30-18)17(12-11-26-31-27-12)34(19-23-9-10-24-19)35(20)15-5-8-25-28-15/h1-11,21-22H,(H,23,24)(H,25,28)(H,26,27,31)(H,29,30,32,33). The zero-order valence-electron chi connectivity index (χ0n) is 17.9. The van der Waals surface area contributed by atoms with E-state index in [4.69, 9.17) is 0 Å². The number of tetrazole rings is 1. The highest BCUT2D eigenvalue weighted by Crippen LogP contribution is 2.56. The molecule has 35 heavy (non-hydrogen) atoms. The van der Waals surface area contributed by atoms with Crippen molar-refractivity contribution in [3.05, 3.63) is 90.4 Å². The third-order valence-electron chi connectivity index (χ3n) is 5.93. The maximum absolute atomic E-state index is 4.58. The lowest BCUT2D eigenvalue weighted by atomic mass is 9.81. The maximum Gasteiger partial charge on any atom is 0.227 e. The van der Waals surface area contributed by atoms with Crippen LogP contribution in [-0.2, 0) is 5.54 Å². The topological polar surface area (TPSA) is 191 Å². The van der Waals surface area contributed by atoms with E-state index in [0.29, 0.717) is 34.6 Å². The monoisotopic (exact) mass is 467 g/mol. The first-order valence-corrected chi connectivity index (χ1v) is 10.6. The van der Waals surface area contributed by atoms with E-state index in [1.807, 2.05) is 52.7 Å². The van der Waals surface area contributed by atoms with Gasteiger partial charge in [0.2, 0.25) is 11.8 Å². The van der Waals surface area contributed by atoms with Crippen LogP contribution in [0, 0.1) is 0 Å². The number of hydrogen-bond donors (Lipinski definition) is 6. The van der Waals surface area contributed by atoms with Crippen molar-refractivity contribution in [2.75, 3.05) is 10.0 Å². The third-order valence-corrected chi connectivity index (χ3v) is 5.93. The SMILES string of the molecule is c1c[nH]c(C2(c3ccc[nH]3)C(c3nn[nH]n3)=C(c3cn[nH]n3)N(c3ncc[nH]3)N2c2ccn[nH]2)c1. The number of imidazole rings is 1. The fourth-order valence-electron chi connectivity index (χ4n) is 4.70. The van der Waals surface area contributed by atoms with E-state index in [1.54, 1.807) is 24.8 Å². The van der Waals surface area contributed by atoms with E-state index >= 15 is 0 Å². The summed E-state index contributed by atoms with van der Waals surface area (Å²) < 4.78 is 0. The summed E-state index contributed by atoms with van der Waals surface area (Å²) in [7, 11) is 0. The molecule has 172 valence electrons. The van der Waals surface area contributed by atoms with Crippen LogP contribution in [0.2, 0.25) is 0 Å². The van der Waals surface area contributed by atoms with Crippen molar-refractivity contribution < 1.29 is 0 Å². The van der Waals surface area contributed by atoms with Gasteiger partial charge in [-0.3, -0.25) is 5.10 Å². The Kier molecular flexibility index (Phi) is 3.96. The van der Waals surface area contributed by atoms with Crippen molar-refractivity contribution in [2.24, 2.45) is 0 Å². The molecule has 0 amide bonds. The Labute approximate surface area is 195 Å². The van der Waals surface area contributed by atoms with Crippen molar-refractivity contribution in [3.63, 3.8) is 0 Å². The quantitative estimate of drug-likeness (QED) is 0.209. The predicted octanol–water partition coefficient (Wildman–Crippen LogP) is 1.17. The van der Waals surface area contributed by atoms with Gasteiger partial charge in [-0.2, -0.15) is 25.7 Å². The van der Waals surface area contributed by atoms with Gasteiger partial charge in [-0.05, 0) is 29.5 Å². The average molecular weight is 467 g/mol. The summed E-state index contributed by atoms with van der Waals surface area (Å²) in [5.41, 5.74) is 2.44. The Hall–Kier alpha value is -5.47. The minimum absolute atomic E-state index is 0.366. The number of anilines is 2. The minimum Gasteiger partial charge on any atom is -0.362 e. The Morgan fingerprint density at radius 1 is 0.829 bits per heavy atom. The van der Waals surface area contributed by atoms with Crippen molar-refractivity contribution in [1.82, 2.24) is 66.2 Å². The number of H-pyrrole nitrogens is 6. The van der Waals surface area contributed by atoms with Crippen LogP contribution in [0.25, 0.3) is 11.3 Å². The molecule has 6 aromatic rings. The number of hydrogen-bond acceptors (Lipinski definition) is 9. The van der Waals surface area contributed by atoms with Gasteiger partial charge < -0.3 is 15.0 Å². The minimum atomic E-state index is -1.07. The molecule has 0 saturated heterocycles. The summed E-state index contributed by atoms with van der Waals surface area (Å²) in [5, 5.41) is 37.8. The van der Waals surface area contributed by atoms with Crippen LogP contribution in [0.4, 0.5) is 11.8 Å². The number of rotatable bonds is 6. The highest BCUT2D eigenvalue weighted by atomic mass is 15.7.